The van der Waals surface area contributed by atoms with Gasteiger partial charge in [-0.3, -0.25) is 14.1 Å². The number of sulfone groups is 1. The number of benzene rings is 2. The van der Waals surface area contributed by atoms with Crippen LogP contribution >= 0.6 is 0 Å². The summed E-state index contributed by atoms with van der Waals surface area (Å²) in [5, 5.41) is 2.98. The summed E-state index contributed by atoms with van der Waals surface area (Å²) in [4.78, 5) is 13.1. The van der Waals surface area contributed by atoms with Crippen LogP contribution in [0.3, 0.4) is 0 Å². The number of hydrogen-bond acceptors (Lipinski definition) is 7. The fourth-order valence-corrected chi connectivity index (χ4v) is 6.62. The van der Waals surface area contributed by atoms with Crippen LogP contribution in [0.1, 0.15) is 16.8 Å². The van der Waals surface area contributed by atoms with E-state index in [0.29, 0.717) is 17.9 Å². The minimum Gasteiger partial charge on any atom is -0.495 e. The van der Waals surface area contributed by atoms with E-state index in [0.717, 1.165) is 4.31 Å². The van der Waals surface area contributed by atoms with Crippen LogP contribution < -0.4 is 9.04 Å². The lowest BCUT2D eigenvalue weighted by Gasteiger charge is -2.33. The number of methoxy groups -OCH3 is 1. The topological polar surface area (TPSA) is 104 Å². The summed E-state index contributed by atoms with van der Waals surface area (Å²) >= 11 is 0. The number of sulfonamides is 1. The van der Waals surface area contributed by atoms with Gasteiger partial charge in [0.15, 0.2) is 9.84 Å². The molecule has 1 heterocycles. The van der Waals surface area contributed by atoms with Crippen LogP contribution in [0.2, 0.25) is 0 Å². The number of carbonyl (C=O) groups excluding carboxylic acids is 1. The fraction of sp³-hybridized carbons (Fsp3) is 0.381. The van der Waals surface area contributed by atoms with Gasteiger partial charge in [0.1, 0.15) is 5.75 Å². The van der Waals surface area contributed by atoms with Crippen LogP contribution in [0.25, 0.3) is 0 Å². The minimum atomic E-state index is -3.90. The lowest BCUT2D eigenvalue weighted by Crippen LogP contribution is -2.49. The summed E-state index contributed by atoms with van der Waals surface area (Å²) in [6.45, 7) is 0. The molecule has 0 spiro atoms. The van der Waals surface area contributed by atoms with Crippen molar-refractivity contribution in [3.05, 3.63) is 54.1 Å². The van der Waals surface area contributed by atoms with Crippen LogP contribution in [-0.2, 0) is 19.9 Å². The van der Waals surface area contributed by atoms with Gasteiger partial charge in [0.25, 0.3) is 15.9 Å². The van der Waals surface area contributed by atoms with Gasteiger partial charge >= 0.3 is 0 Å². The summed E-state index contributed by atoms with van der Waals surface area (Å²) in [6.07, 6.45) is 0.364. The summed E-state index contributed by atoms with van der Waals surface area (Å²) in [6, 6.07) is 11.9. The minimum absolute atomic E-state index is 0.0160. The predicted molar refractivity (Wildman–Crippen MR) is 122 cm³/mol. The van der Waals surface area contributed by atoms with E-state index in [1.54, 1.807) is 43.4 Å². The number of ether oxygens (including phenoxy) is 1. The zero-order chi connectivity index (χ0) is 23.7. The first-order valence-electron chi connectivity index (χ1n) is 9.91. The van der Waals surface area contributed by atoms with Gasteiger partial charge in [-0.05, 0) is 42.8 Å². The number of anilines is 1. The summed E-state index contributed by atoms with van der Waals surface area (Å²) in [5.41, 5.74) is 0.651. The molecule has 0 radical (unpaired) electrons. The van der Waals surface area contributed by atoms with Crippen LogP contribution in [0.4, 0.5) is 5.69 Å². The Kier molecular flexibility index (Phi) is 6.82. The second-order valence-electron chi connectivity index (χ2n) is 7.72. The van der Waals surface area contributed by atoms with Crippen LogP contribution in [0.15, 0.2) is 53.4 Å². The fourth-order valence-electron chi connectivity index (χ4n) is 3.72. The van der Waals surface area contributed by atoms with E-state index in [9.17, 15) is 21.6 Å². The van der Waals surface area contributed by atoms with E-state index in [4.69, 9.17) is 4.74 Å². The van der Waals surface area contributed by atoms with Crippen molar-refractivity contribution in [2.24, 2.45) is 0 Å². The Balaban J connectivity index is 1.87. The first-order valence-corrected chi connectivity index (χ1v) is 13.2. The van der Waals surface area contributed by atoms with Crippen LogP contribution in [0.5, 0.6) is 5.75 Å². The molecule has 1 amide bonds. The highest BCUT2D eigenvalue weighted by Crippen LogP contribution is 2.31. The zero-order valence-corrected chi connectivity index (χ0v) is 20.1. The molecule has 1 atom stereocenters. The zero-order valence-electron chi connectivity index (χ0n) is 18.4. The van der Waals surface area contributed by atoms with Crippen molar-refractivity contribution in [1.82, 2.24) is 10.0 Å². The van der Waals surface area contributed by atoms with Gasteiger partial charge in [0.2, 0.25) is 0 Å². The van der Waals surface area contributed by atoms with Gasteiger partial charge < -0.3 is 4.74 Å². The largest absolute Gasteiger partial charge is 0.495 e. The molecule has 2 aromatic rings. The molecule has 1 fully saturated rings. The molecule has 0 aliphatic carbocycles. The number of para-hydroxylation sites is 2. The van der Waals surface area contributed by atoms with E-state index in [1.807, 2.05) is 0 Å². The second-order valence-corrected chi connectivity index (χ2v) is 11.9. The number of carbonyl (C=O) groups is 1. The first kappa shape index (κ1) is 24.0. The van der Waals surface area contributed by atoms with Gasteiger partial charge in [0, 0.05) is 26.7 Å². The third-order valence-corrected chi connectivity index (χ3v) is 8.91. The number of hydrazine groups is 1. The summed E-state index contributed by atoms with van der Waals surface area (Å²) in [7, 11) is -0.833. The first-order chi connectivity index (χ1) is 15.0. The molecule has 1 aliphatic rings. The highest BCUT2D eigenvalue weighted by Gasteiger charge is 2.36. The van der Waals surface area contributed by atoms with Gasteiger partial charge in [0.05, 0.1) is 35.2 Å². The molecule has 1 unspecified atom stereocenters. The Morgan fingerprint density at radius 1 is 1.03 bits per heavy atom. The Morgan fingerprint density at radius 2 is 1.66 bits per heavy atom. The Bertz CT molecular complexity index is 1190. The van der Waals surface area contributed by atoms with Gasteiger partial charge in [-0.2, -0.15) is 0 Å². The SMILES string of the molecule is COc1ccccc1N(C)S(=O)(=O)c1ccc(C(=O)N(C2CCS(=O)(=O)C2)N(C)C)cc1. The maximum atomic E-state index is 13.1. The van der Waals surface area contributed by atoms with Gasteiger partial charge in [-0.1, -0.05) is 12.1 Å². The van der Waals surface area contributed by atoms with E-state index in [-0.39, 0.29) is 27.9 Å². The molecule has 0 bridgehead atoms. The summed E-state index contributed by atoms with van der Waals surface area (Å²) in [5.74, 6) is -0.0212. The normalized spacial score (nSPS) is 17.8. The third-order valence-electron chi connectivity index (χ3n) is 5.38. The van der Waals surface area contributed by atoms with Crippen molar-refractivity contribution >= 4 is 31.5 Å². The van der Waals surface area contributed by atoms with E-state index < -0.39 is 25.9 Å². The van der Waals surface area contributed by atoms with Gasteiger partial charge in [-0.15, -0.1) is 0 Å². The van der Waals surface area contributed by atoms with Crippen molar-refractivity contribution < 1.29 is 26.4 Å². The molecule has 0 aromatic heterocycles. The van der Waals surface area contributed by atoms with Crippen LogP contribution in [-0.4, -0.2) is 78.6 Å². The number of nitrogens with zero attached hydrogens (tertiary/aromatic N) is 3. The van der Waals surface area contributed by atoms with Crippen LogP contribution in [0, 0.1) is 0 Å². The van der Waals surface area contributed by atoms with Crippen molar-refractivity contribution in [3.8, 4) is 5.75 Å². The van der Waals surface area contributed by atoms with Crippen molar-refractivity contribution in [3.63, 3.8) is 0 Å². The summed E-state index contributed by atoms with van der Waals surface area (Å²) < 4.78 is 56.3. The average Bonchev–Trinajstić information content (AvgIpc) is 3.11. The molecule has 1 aliphatic heterocycles. The molecule has 0 saturated carbocycles. The number of amides is 1. The van der Waals surface area contributed by atoms with Crippen molar-refractivity contribution in [1.29, 1.82) is 0 Å². The quantitative estimate of drug-likeness (QED) is 0.554. The Labute approximate surface area is 189 Å². The number of rotatable bonds is 7. The molecule has 0 N–H and O–H groups in total. The predicted octanol–water partition coefficient (Wildman–Crippen LogP) is 1.63. The second kappa shape index (κ2) is 9.08. The smallest absolute Gasteiger partial charge is 0.268 e. The molecule has 9 nitrogen and oxygen atoms in total. The average molecular weight is 482 g/mol. The maximum Gasteiger partial charge on any atom is 0.268 e. The number of hydrogen-bond donors (Lipinski definition) is 0. The molecule has 32 heavy (non-hydrogen) atoms. The molecule has 2 aromatic carbocycles. The standard InChI is InChI=1S/C21H27N3O6S2/c1-22(2)24(17-13-14-31(26,27)15-17)21(25)16-9-11-18(12-10-16)32(28,29)23(3)19-7-5-6-8-20(19)30-4/h5-12,17H,13-15H2,1-4H3. The lowest BCUT2D eigenvalue weighted by atomic mass is 10.1. The van der Waals surface area contributed by atoms with E-state index in [2.05, 4.69) is 0 Å². The van der Waals surface area contributed by atoms with Crippen molar-refractivity contribution in [2.75, 3.05) is 44.1 Å². The van der Waals surface area contributed by atoms with Crippen molar-refractivity contribution in [2.45, 2.75) is 17.4 Å². The van der Waals surface area contributed by atoms with E-state index in [1.165, 1.54) is 43.4 Å². The molecular weight excluding hydrogens is 454 g/mol. The van der Waals surface area contributed by atoms with Gasteiger partial charge in [-0.25, -0.2) is 21.8 Å². The molecule has 1 saturated heterocycles. The highest BCUT2D eigenvalue weighted by molar-refractivity contribution is 7.92. The Morgan fingerprint density at radius 3 is 2.19 bits per heavy atom. The molecule has 3 rings (SSSR count). The van der Waals surface area contributed by atoms with E-state index >= 15 is 0 Å². The maximum absolute atomic E-state index is 13.1. The molecular formula is C21H27N3O6S2. The highest BCUT2D eigenvalue weighted by atomic mass is 32.2. The monoisotopic (exact) mass is 481 g/mol. The molecule has 11 heteroatoms. The molecule has 174 valence electrons. The Hall–Kier alpha value is -2.63. The third kappa shape index (κ3) is 4.74. The lowest BCUT2D eigenvalue weighted by molar-refractivity contribution is 0.00100.